The number of fused-ring (bicyclic) bond motifs is 1. The fourth-order valence-corrected chi connectivity index (χ4v) is 5.48. The standard InChI is InChI=1S/C32H31F3N8O2/c33-32(34,35)24-4-1-22(2-5-24)20-43-21-37-28-30(38-25-6-8-26(9-7-25)41-11-15-44-16-12-41)39-29(40-31(28)43)23-3-10-27(36-19-23)42-13-17-45-18-14-42/h1-10,19,21H,11-18,20H2,(H,38,39,40). The first-order chi connectivity index (χ1) is 21.9. The van der Waals surface area contributed by atoms with Crippen molar-refractivity contribution < 1.29 is 22.6 Å². The molecule has 5 aromatic rings. The van der Waals surface area contributed by atoms with Gasteiger partial charge in [-0.05, 0) is 54.1 Å². The predicted octanol–water partition coefficient (Wildman–Crippen LogP) is 5.37. The summed E-state index contributed by atoms with van der Waals surface area (Å²) in [5.74, 6) is 1.82. The molecule has 2 fully saturated rings. The van der Waals surface area contributed by atoms with Gasteiger partial charge in [-0.3, -0.25) is 0 Å². The van der Waals surface area contributed by atoms with Gasteiger partial charge in [0.05, 0.1) is 44.9 Å². The molecule has 0 aliphatic carbocycles. The molecule has 0 atom stereocenters. The van der Waals surface area contributed by atoms with Gasteiger partial charge in [-0.2, -0.15) is 13.2 Å². The summed E-state index contributed by atoms with van der Waals surface area (Å²) in [6.07, 6.45) is -1.01. The van der Waals surface area contributed by atoms with E-state index in [1.165, 1.54) is 12.1 Å². The quantitative estimate of drug-likeness (QED) is 0.259. The number of imidazole rings is 1. The van der Waals surface area contributed by atoms with E-state index in [2.05, 4.69) is 37.2 Å². The van der Waals surface area contributed by atoms with Crippen molar-refractivity contribution in [2.75, 3.05) is 67.7 Å². The Balaban J connectivity index is 1.22. The number of ether oxygens (including phenoxy) is 2. The van der Waals surface area contributed by atoms with Crippen LogP contribution in [0.4, 0.5) is 36.2 Å². The van der Waals surface area contributed by atoms with Gasteiger partial charge in [-0.15, -0.1) is 0 Å². The Morgan fingerprint density at radius 3 is 2.09 bits per heavy atom. The highest BCUT2D eigenvalue weighted by Crippen LogP contribution is 2.31. The predicted molar refractivity (Wildman–Crippen MR) is 165 cm³/mol. The number of hydrogen-bond donors (Lipinski definition) is 1. The van der Waals surface area contributed by atoms with E-state index in [0.29, 0.717) is 54.8 Å². The summed E-state index contributed by atoms with van der Waals surface area (Å²) < 4.78 is 52.1. The lowest BCUT2D eigenvalue weighted by Crippen LogP contribution is -2.36. The third-order valence-electron chi connectivity index (χ3n) is 7.95. The van der Waals surface area contributed by atoms with Crippen molar-refractivity contribution in [3.63, 3.8) is 0 Å². The Kier molecular flexibility index (Phi) is 7.94. The molecule has 7 rings (SSSR count). The van der Waals surface area contributed by atoms with Gasteiger partial charge in [-0.1, -0.05) is 12.1 Å². The fourth-order valence-electron chi connectivity index (χ4n) is 5.48. The van der Waals surface area contributed by atoms with Crippen LogP contribution in [0.5, 0.6) is 0 Å². The zero-order valence-corrected chi connectivity index (χ0v) is 24.4. The minimum absolute atomic E-state index is 0.285. The average molecular weight is 617 g/mol. The second kappa shape index (κ2) is 12.3. The summed E-state index contributed by atoms with van der Waals surface area (Å²) in [5.41, 5.74) is 3.76. The van der Waals surface area contributed by atoms with Gasteiger partial charge in [0.2, 0.25) is 0 Å². The number of anilines is 4. The van der Waals surface area contributed by atoms with Crippen LogP contribution in [0.3, 0.4) is 0 Å². The average Bonchev–Trinajstić information content (AvgIpc) is 3.48. The molecule has 0 bridgehead atoms. The second-order valence-electron chi connectivity index (χ2n) is 10.9. The van der Waals surface area contributed by atoms with Gasteiger partial charge in [0.1, 0.15) is 5.82 Å². The lowest BCUT2D eigenvalue weighted by atomic mass is 10.1. The number of alkyl halides is 3. The van der Waals surface area contributed by atoms with Gasteiger partial charge < -0.3 is 29.2 Å². The van der Waals surface area contributed by atoms with Crippen LogP contribution in [0.25, 0.3) is 22.6 Å². The SMILES string of the molecule is FC(F)(F)c1ccc(Cn2cnc3c(Nc4ccc(N5CCOCC5)cc4)nc(-c4ccc(N5CCOCC5)nc4)nc32)cc1. The van der Waals surface area contributed by atoms with Gasteiger partial charge in [0.15, 0.2) is 22.8 Å². The molecule has 2 aromatic carbocycles. The third kappa shape index (κ3) is 6.40. The molecule has 2 aliphatic heterocycles. The summed E-state index contributed by atoms with van der Waals surface area (Å²) in [7, 11) is 0. The van der Waals surface area contributed by atoms with E-state index in [1.807, 2.05) is 28.8 Å². The highest BCUT2D eigenvalue weighted by atomic mass is 19.4. The molecule has 0 saturated carbocycles. The molecule has 45 heavy (non-hydrogen) atoms. The lowest BCUT2D eigenvalue weighted by Gasteiger charge is -2.28. The van der Waals surface area contributed by atoms with Crippen molar-refractivity contribution in [3.05, 3.63) is 84.3 Å². The van der Waals surface area contributed by atoms with Crippen LogP contribution in [-0.2, 0) is 22.2 Å². The Morgan fingerprint density at radius 2 is 1.44 bits per heavy atom. The first-order valence-electron chi connectivity index (χ1n) is 14.8. The molecule has 2 saturated heterocycles. The van der Waals surface area contributed by atoms with Gasteiger partial charge in [0, 0.05) is 49.3 Å². The molecule has 3 aromatic heterocycles. The number of nitrogens with one attached hydrogen (secondary N) is 1. The molecule has 1 N–H and O–H groups in total. The number of pyridine rings is 1. The Labute approximate surface area is 257 Å². The molecular weight excluding hydrogens is 585 g/mol. The first kappa shape index (κ1) is 29.0. The van der Waals surface area contributed by atoms with Crippen LogP contribution in [-0.4, -0.2) is 77.1 Å². The van der Waals surface area contributed by atoms with Crippen molar-refractivity contribution in [1.82, 2.24) is 24.5 Å². The van der Waals surface area contributed by atoms with Crippen LogP contribution >= 0.6 is 0 Å². The smallest absolute Gasteiger partial charge is 0.378 e. The summed E-state index contributed by atoms with van der Waals surface area (Å²) in [5, 5.41) is 3.41. The molecule has 10 nitrogen and oxygen atoms in total. The van der Waals surface area contributed by atoms with Gasteiger partial charge in [-0.25, -0.2) is 19.9 Å². The van der Waals surface area contributed by atoms with Crippen molar-refractivity contribution in [3.8, 4) is 11.4 Å². The Morgan fingerprint density at radius 1 is 0.756 bits per heavy atom. The number of benzene rings is 2. The number of hydrogen-bond acceptors (Lipinski definition) is 9. The van der Waals surface area contributed by atoms with E-state index in [4.69, 9.17) is 19.4 Å². The molecule has 5 heterocycles. The van der Waals surface area contributed by atoms with Crippen LogP contribution in [0.2, 0.25) is 0 Å². The maximum Gasteiger partial charge on any atom is 0.416 e. The number of morpholine rings is 2. The Hall–Kier alpha value is -4.75. The highest BCUT2D eigenvalue weighted by Gasteiger charge is 2.30. The number of rotatable bonds is 7. The number of nitrogens with zero attached hydrogens (tertiary/aromatic N) is 7. The van der Waals surface area contributed by atoms with Crippen LogP contribution in [0.15, 0.2) is 73.2 Å². The van der Waals surface area contributed by atoms with Gasteiger partial charge in [0.25, 0.3) is 0 Å². The van der Waals surface area contributed by atoms with Crippen LogP contribution in [0, 0.1) is 0 Å². The first-order valence-corrected chi connectivity index (χ1v) is 14.8. The van der Waals surface area contributed by atoms with Crippen molar-refractivity contribution in [1.29, 1.82) is 0 Å². The minimum Gasteiger partial charge on any atom is -0.378 e. The number of halogens is 3. The lowest BCUT2D eigenvalue weighted by molar-refractivity contribution is -0.137. The molecular formula is C32H31F3N8O2. The van der Waals surface area contributed by atoms with E-state index in [-0.39, 0.29) is 6.54 Å². The largest absolute Gasteiger partial charge is 0.416 e. The normalized spacial score (nSPS) is 15.9. The van der Waals surface area contributed by atoms with Crippen molar-refractivity contribution in [2.45, 2.75) is 12.7 Å². The van der Waals surface area contributed by atoms with E-state index in [1.54, 1.807) is 12.5 Å². The molecule has 0 unspecified atom stereocenters. The molecule has 0 radical (unpaired) electrons. The van der Waals surface area contributed by atoms with E-state index >= 15 is 0 Å². The summed E-state index contributed by atoms with van der Waals surface area (Å²) in [6, 6.07) is 17.1. The van der Waals surface area contributed by atoms with E-state index in [0.717, 1.165) is 61.1 Å². The minimum atomic E-state index is -4.39. The van der Waals surface area contributed by atoms with Crippen LogP contribution in [0.1, 0.15) is 11.1 Å². The second-order valence-corrected chi connectivity index (χ2v) is 10.9. The molecule has 2 aliphatic rings. The van der Waals surface area contributed by atoms with Crippen molar-refractivity contribution in [2.24, 2.45) is 0 Å². The summed E-state index contributed by atoms with van der Waals surface area (Å²) in [4.78, 5) is 23.4. The molecule has 0 amide bonds. The zero-order chi connectivity index (χ0) is 30.8. The maximum absolute atomic E-state index is 13.1. The monoisotopic (exact) mass is 616 g/mol. The van der Waals surface area contributed by atoms with E-state index < -0.39 is 11.7 Å². The third-order valence-corrected chi connectivity index (χ3v) is 7.95. The van der Waals surface area contributed by atoms with Gasteiger partial charge >= 0.3 is 6.18 Å². The zero-order valence-electron chi connectivity index (χ0n) is 24.4. The summed E-state index contributed by atoms with van der Waals surface area (Å²) in [6.45, 7) is 6.26. The molecule has 13 heteroatoms. The topological polar surface area (TPSA) is 93.5 Å². The molecule has 232 valence electrons. The maximum atomic E-state index is 13.1. The van der Waals surface area contributed by atoms with Crippen LogP contribution < -0.4 is 15.1 Å². The summed E-state index contributed by atoms with van der Waals surface area (Å²) >= 11 is 0. The van der Waals surface area contributed by atoms with E-state index in [9.17, 15) is 13.2 Å². The number of aromatic nitrogens is 5. The van der Waals surface area contributed by atoms with Crippen molar-refractivity contribution >= 4 is 34.2 Å². The fraction of sp³-hybridized carbons (Fsp3) is 0.312. The highest BCUT2D eigenvalue weighted by molar-refractivity contribution is 5.87. The Bertz CT molecular complexity index is 1750. The molecule has 0 spiro atoms.